The summed E-state index contributed by atoms with van der Waals surface area (Å²) in [6.07, 6.45) is 9.79. The van der Waals surface area contributed by atoms with Crippen LogP contribution in [-0.2, 0) is 6.54 Å². The average Bonchev–Trinajstić information content (AvgIpc) is 2.80. The van der Waals surface area contributed by atoms with Crippen molar-refractivity contribution in [3.05, 3.63) is 18.2 Å². The van der Waals surface area contributed by atoms with Gasteiger partial charge in [-0.1, -0.05) is 6.42 Å². The maximum atomic E-state index is 9.84. The van der Waals surface area contributed by atoms with Gasteiger partial charge in [0.05, 0.1) is 6.10 Å². The summed E-state index contributed by atoms with van der Waals surface area (Å²) in [4.78, 5) is 6.72. The van der Waals surface area contributed by atoms with Gasteiger partial charge in [0.25, 0.3) is 0 Å². The molecule has 1 aromatic rings. The largest absolute Gasteiger partial charge is 0.392 e. The van der Waals surface area contributed by atoms with Crippen LogP contribution in [0.15, 0.2) is 12.4 Å². The van der Waals surface area contributed by atoms with Crippen molar-refractivity contribution in [2.24, 2.45) is 0 Å². The molecule has 2 rings (SSSR count). The number of nitrogens with zero attached hydrogens (tertiary/aromatic N) is 3. The highest BCUT2D eigenvalue weighted by Gasteiger charge is 2.25. The lowest BCUT2D eigenvalue weighted by molar-refractivity contribution is 0.0354. The van der Waals surface area contributed by atoms with Crippen molar-refractivity contribution in [2.45, 2.75) is 64.6 Å². The zero-order valence-electron chi connectivity index (χ0n) is 12.3. The molecule has 1 aliphatic rings. The number of aliphatic hydroxyl groups excluding tert-OH is 1. The minimum atomic E-state index is -0.198. The Morgan fingerprint density at radius 1 is 1.37 bits per heavy atom. The lowest BCUT2D eigenvalue weighted by Crippen LogP contribution is -2.46. The SMILES string of the molecule is Cc1nccn1CCCCN1CCCCC1C(C)O. The first-order chi connectivity index (χ1) is 9.18. The molecule has 0 saturated carbocycles. The molecular weight excluding hydrogens is 238 g/mol. The monoisotopic (exact) mass is 265 g/mol. The Kier molecular flexibility index (Phi) is 5.40. The van der Waals surface area contributed by atoms with Crippen molar-refractivity contribution in [1.29, 1.82) is 0 Å². The maximum Gasteiger partial charge on any atom is 0.105 e. The van der Waals surface area contributed by atoms with Gasteiger partial charge in [-0.05, 0) is 52.6 Å². The zero-order chi connectivity index (χ0) is 13.7. The number of imidazole rings is 1. The number of hydrogen-bond donors (Lipinski definition) is 1. The molecule has 0 bridgehead atoms. The Labute approximate surface area is 116 Å². The summed E-state index contributed by atoms with van der Waals surface area (Å²) in [6, 6.07) is 0.378. The fourth-order valence-corrected chi connectivity index (χ4v) is 3.08. The Hall–Kier alpha value is -0.870. The molecule has 0 aromatic carbocycles. The molecule has 0 spiro atoms. The second kappa shape index (κ2) is 7.06. The number of unbranched alkanes of at least 4 members (excludes halogenated alkanes) is 1. The molecule has 1 saturated heterocycles. The van der Waals surface area contributed by atoms with E-state index in [0.717, 1.165) is 31.9 Å². The Bertz CT molecular complexity index is 375. The van der Waals surface area contributed by atoms with Crippen LogP contribution >= 0.6 is 0 Å². The molecular formula is C15H27N3O. The van der Waals surface area contributed by atoms with Crippen LogP contribution in [0.3, 0.4) is 0 Å². The van der Waals surface area contributed by atoms with E-state index in [-0.39, 0.29) is 6.10 Å². The Morgan fingerprint density at radius 3 is 2.84 bits per heavy atom. The van der Waals surface area contributed by atoms with E-state index in [2.05, 4.69) is 20.6 Å². The Balaban J connectivity index is 1.71. The molecule has 1 aliphatic heterocycles. The lowest BCUT2D eigenvalue weighted by atomic mass is 9.98. The number of piperidine rings is 1. The summed E-state index contributed by atoms with van der Waals surface area (Å²) in [6.45, 7) is 7.30. The molecule has 4 nitrogen and oxygen atoms in total. The van der Waals surface area contributed by atoms with E-state index in [1.54, 1.807) is 0 Å². The fourth-order valence-electron chi connectivity index (χ4n) is 3.08. The maximum absolute atomic E-state index is 9.84. The Morgan fingerprint density at radius 2 is 2.16 bits per heavy atom. The first-order valence-corrected chi connectivity index (χ1v) is 7.58. The van der Waals surface area contributed by atoms with Gasteiger partial charge in [-0.2, -0.15) is 0 Å². The minimum absolute atomic E-state index is 0.198. The second-order valence-corrected chi connectivity index (χ2v) is 5.71. The van der Waals surface area contributed by atoms with E-state index in [1.807, 2.05) is 20.0 Å². The van der Waals surface area contributed by atoms with E-state index in [1.165, 1.54) is 25.7 Å². The third kappa shape index (κ3) is 4.05. The molecule has 0 amide bonds. The quantitative estimate of drug-likeness (QED) is 0.802. The highest BCUT2D eigenvalue weighted by molar-refractivity contribution is 4.88. The molecule has 108 valence electrons. The summed E-state index contributed by atoms with van der Waals surface area (Å²) in [5, 5.41) is 9.84. The molecule has 2 unspecified atom stereocenters. The fraction of sp³-hybridized carbons (Fsp3) is 0.800. The topological polar surface area (TPSA) is 41.3 Å². The van der Waals surface area contributed by atoms with E-state index >= 15 is 0 Å². The van der Waals surface area contributed by atoms with Gasteiger partial charge in [0.2, 0.25) is 0 Å². The van der Waals surface area contributed by atoms with Gasteiger partial charge in [-0.15, -0.1) is 0 Å². The van der Waals surface area contributed by atoms with Crippen LogP contribution in [0.5, 0.6) is 0 Å². The highest BCUT2D eigenvalue weighted by atomic mass is 16.3. The number of likely N-dealkylation sites (tertiary alicyclic amines) is 1. The van der Waals surface area contributed by atoms with Gasteiger partial charge in [-0.25, -0.2) is 4.98 Å². The normalized spacial score (nSPS) is 22.6. The number of rotatable bonds is 6. The average molecular weight is 265 g/mol. The van der Waals surface area contributed by atoms with Crippen LogP contribution in [0, 0.1) is 6.92 Å². The summed E-state index contributed by atoms with van der Waals surface area (Å²) >= 11 is 0. The summed E-state index contributed by atoms with van der Waals surface area (Å²) in [7, 11) is 0. The van der Waals surface area contributed by atoms with Gasteiger partial charge < -0.3 is 9.67 Å². The van der Waals surface area contributed by atoms with Crippen LogP contribution in [-0.4, -0.2) is 44.8 Å². The molecule has 0 radical (unpaired) electrons. The van der Waals surface area contributed by atoms with Gasteiger partial charge in [-0.3, -0.25) is 4.90 Å². The molecule has 4 heteroatoms. The number of aliphatic hydroxyl groups is 1. The number of hydrogen-bond acceptors (Lipinski definition) is 3. The van der Waals surface area contributed by atoms with Gasteiger partial charge in [0.15, 0.2) is 0 Å². The van der Waals surface area contributed by atoms with Crippen LogP contribution in [0.25, 0.3) is 0 Å². The van der Waals surface area contributed by atoms with Crippen LogP contribution in [0.4, 0.5) is 0 Å². The van der Waals surface area contributed by atoms with Crippen molar-refractivity contribution in [1.82, 2.24) is 14.5 Å². The number of aromatic nitrogens is 2. The third-order valence-corrected chi connectivity index (χ3v) is 4.24. The van der Waals surface area contributed by atoms with Crippen molar-refractivity contribution < 1.29 is 5.11 Å². The van der Waals surface area contributed by atoms with Crippen LogP contribution in [0.1, 0.15) is 44.9 Å². The van der Waals surface area contributed by atoms with Crippen molar-refractivity contribution in [3.8, 4) is 0 Å². The van der Waals surface area contributed by atoms with Crippen LogP contribution in [0.2, 0.25) is 0 Å². The van der Waals surface area contributed by atoms with E-state index < -0.39 is 0 Å². The van der Waals surface area contributed by atoms with E-state index in [4.69, 9.17) is 0 Å². The van der Waals surface area contributed by atoms with Crippen molar-refractivity contribution >= 4 is 0 Å². The van der Waals surface area contributed by atoms with E-state index in [9.17, 15) is 5.11 Å². The van der Waals surface area contributed by atoms with Crippen molar-refractivity contribution in [3.63, 3.8) is 0 Å². The smallest absolute Gasteiger partial charge is 0.105 e. The van der Waals surface area contributed by atoms with Gasteiger partial charge in [0, 0.05) is 25.0 Å². The second-order valence-electron chi connectivity index (χ2n) is 5.71. The standard InChI is InChI=1S/C15H27N3O/c1-13(19)15-7-3-4-10-18(15)11-6-5-9-17-12-8-16-14(17)2/h8,12-13,15,19H,3-7,9-11H2,1-2H3. The minimum Gasteiger partial charge on any atom is -0.392 e. The lowest BCUT2D eigenvalue weighted by Gasteiger charge is -2.37. The summed E-state index contributed by atoms with van der Waals surface area (Å²) in [5.74, 6) is 1.10. The summed E-state index contributed by atoms with van der Waals surface area (Å²) < 4.78 is 2.21. The zero-order valence-corrected chi connectivity index (χ0v) is 12.3. The predicted octanol–water partition coefficient (Wildman–Crippen LogP) is 2.21. The molecule has 19 heavy (non-hydrogen) atoms. The third-order valence-electron chi connectivity index (χ3n) is 4.24. The molecule has 2 heterocycles. The molecule has 1 fully saturated rings. The first kappa shape index (κ1) is 14.5. The van der Waals surface area contributed by atoms with Crippen molar-refractivity contribution in [2.75, 3.05) is 13.1 Å². The van der Waals surface area contributed by atoms with Gasteiger partial charge in [0.1, 0.15) is 5.82 Å². The molecule has 0 aliphatic carbocycles. The first-order valence-electron chi connectivity index (χ1n) is 7.58. The molecule has 1 aromatic heterocycles. The van der Waals surface area contributed by atoms with Crippen LogP contribution < -0.4 is 0 Å². The molecule has 1 N–H and O–H groups in total. The molecule has 2 atom stereocenters. The summed E-state index contributed by atoms with van der Waals surface area (Å²) in [5.41, 5.74) is 0. The predicted molar refractivity (Wildman–Crippen MR) is 77.1 cm³/mol. The van der Waals surface area contributed by atoms with E-state index in [0.29, 0.717) is 6.04 Å². The number of aryl methyl sites for hydroxylation is 2. The highest BCUT2D eigenvalue weighted by Crippen LogP contribution is 2.20. The van der Waals surface area contributed by atoms with Gasteiger partial charge >= 0.3 is 0 Å².